The summed E-state index contributed by atoms with van der Waals surface area (Å²) in [6, 6.07) is 9.57. The van der Waals surface area contributed by atoms with Gasteiger partial charge in [0.25, 0.3) is 0 Å². The SMILES string of the molecule is Cc1ccc(C(N)c2ccc(Br)o2)cc1Br. The molecule has 1 atom stereocenters. The predicted molar refractivity (Wildman–Crippen MR) is 71.3 cm³/mol. The lowest BCUT2D eigenvalue weighted by Crippen LogP contribution is -2.10. The summed E-state index contributed by atoms with van der Waals surface area (Å²) in [5, 5.41) is 0. The molecule has 0 saturated carbocycles. The van der Waals surface area contributed by atoms with Crippen LogP contribution in [0.5, 0.6) is 0 Å². The van der Waals surface area contributed by atoms with Crippen LogP contribution >= 0.6 is 31.9 Å². The van der Waals surface area contributed by atoms with Crippen molar-refractivity contribution in [2.75, 3.05) is 0 Å². The molecule has 0 radical (unpaired) electrons. The van der Waals surface area contributed by atoms with Crippen LogP contribution < -0.4 is 5.73 Å². The number of nitrogens with two attached hydrogens (primary N) is 1. The van der Waals surface area contributed by atoms with Gasteiger partial charge in [-0.25, -0.2) is 0 Å². The maximum absolute atomic E-state index is 6.11. The van der Waals surface area contributed by atoms with Gasteiger partial charge in [0, 0.05) is 4.47 Å². The number of benzene rings is 1. The van der Waals surface area contributed by atoms with Crippen molar-refractivity contribution in [1.29, 1.82) is 0 Å². The highest BCUT2D eigenvalue weighted by Gasteiger charge is 2.13. The summed E-state index contributed by atoms with van der Waals surface area (Å²) in [5.74, 6) is 0.752. The van der Waals surface area contributed by atoms with E-state index in [-0.39, 0.29) is 6.04 Å². The summed E-state index contributed by atoms with van der Waals surface area (Å²) in [7, 11) is 0. The zero-order valence-corrected chi connectivity index (χ0v) is 11.9. The molecule has 84 valence electrons. The summed E-state index contributed by atoms with van der Waals surface area (Å²) in [6.45, 7) is 2.04. The highest BCUT2D eigenvalue weighted by molar-refractivity contribution is 9.10. The van der Waals surface area contributed by atoms with Gasteiger partial charge in [-0.15, -0.1) is 0 Å². The molecule has 0 aliphatic heterocycles. The second kappa shape index (κ2) is 4.73. The third-order valence-electron chi connectivity index (χ3n) is 2.46. The van der Waals surface area contributed by atoms with Gasteiger partial charge in [-0.2, -0.15) is 0 Å². The fourth-order valence-electron chi connectivity index (χ4n) is 1.46. The predicted octanol–water partition coefficient (Wildman–Crippen LogP) is 4.16. The molecule has 1 aromatic heterocycles. The van der Waals surface area contributed by atoms with Crippen LogP contribution in [0.4, 0.5) is 0 Å². The molecule has 1 heterocycles. The third kappa shape index (κ3) is 2.39. The minimum absolute atomic E-state index is 0.233. The number of hydrogen-bond donors (Lipinski definition) is 1. The molecule has 0 bridgehead atoms. The smallest absolute Gasteiger partial charge is 0.169 e. The van der Waals surface area contributed by atoms with Gasteiger partial charge in [0.15, 0.2) is 4.67 Å². The van der Waals surface area contributed by atoms with Gasteiger partial charge in [-0.1, -0.05) is 28.1 Å². The molecular formula is C12H11Br2NO. The second-order valence-electron chi connectivity index (χ2n) is 3.63. The Labute approximate surface area is 111 Å². The summed E-state index contributed by atoms with van der Waals surface area (Å²) in [6.07, 6.45) is 0. The van der Waals surface area contributed by atoms with Crippen LogP contribution in [-0.2, 0) is 0 Å². The maximum Gasteiger partial charge on any atom is 0.169 e. The average molecular weight is 345 g/mol. The first-order valence-electron chi connectivity index (χ1n) is 4.85. The van der Waals surface area contributed by atoms with Crippen molar-refractivity contribution in [2.24, 2.45) is 5.73 Å². The Kier molecular flexibility index (Phi) is 3.52. The summed E-state index contributed by atoms with van der Waals surface area (Å²) in [5.41, 5.74) is 8.33. The van der Waals surface area contributed by atoms with Gasteiger partial charge in [0.2, 0.25) is 0 Å². The number of furan rings is 1. The van der Waals surface area contributed by atoms with Gasteiger partial charge < -0.3 is 10.2 Å². The van der Waals surface area contributed by atoms with Crippen LogP contribution in [0.1, 0.15) is 22.9 Å². The van der Waals surface area contributed by atoms with E-state index in [1.165, 1.54) is 5.56 Å². The topological polar surface area (TPSA) is 39.2 Å². The first-order chi connectivity index (χ1) is 7.58. The fourth-order valence-corrected chi connectivity index (χ4v) is 2.18. The van der Waals surface area contributed by atoms with Gasteiger partial charge >= 0.3 is 0 Å². The van der Waals surface area contributed by atoms with Crippen LogP contribution in [-0.4, -0.2) is 0 Å². The van der Waals surface area contributed by atoms with Crippen molar-refractivity contribution in [2.45, 2.75) is 13.0 Å². The number of rotatable bonds is 2. The van der Waals surface area contributed by atoms with Gasteiger partial charge in [-0.05, 0) is 52.2 Å². The normalized spacial score (nSPS) is 12.8. The molecule has 0 saturated heterocycles. The highest BCUT2D eigenvalue weighted by atomic mass is 79.9. The highest BCUT2D eigenvalue weighted by Crippen LogP contribution is 2.27. The molecule has 0 aliphatic carbocycles. The Balaban J connectivity index is 2.33. The summed E-state index contributed by atoms with van der Waals surface area (Å²) in [4.78, 5) is 0. The third-order valence-corrected chi connectivity index (χ3v) is 3.74. The van der Waals surface area contributed by atoms with E-state index in [0.717, 1.165) is 15.8 Å². The van der Waals surface area contributed by atoms with E-state index in [2.05, 4.69) is 31.9 Å². The van der Waals surface area contributed by atoms with Crippen molar-refractivity contribution < 1.29 is 4.42 Å². The Morgan fingerprint density at radius 2 is 1.94 bits per heavy atom. The molecule has 0 spiro atoms. The van der Waals surface area contributed by atoms with Gasteiger partial charge in [0.1, 0.15) is 5.76 Å². The molecular weight excluding hydrogens is 334 g/mol. The molecule has 4 heteroatoms. The van der Waals surface area contributed by atoms with Crippen LogP contribution in [0.3, 0.4) is 0 Å². The van der Waals surface area contributed by atoms with E-state index in [4.69, 9.17) is 10.2 Å². The lowest BCUT2D eigenvalue weighted by Gasteiger charge is -2.10. The number of halogens is 2. The molecule has 1 aromatic carbocycles. The number of hydrogen-bond acceptors (Lipinski definition) is 2. The summed E-state index contributed by atoms with van der Waals surface area (Å²) < 4.78 is 7.21. The van der Waals surface area contributed by atoms with Gasteiger partial charge in [-0.3, -0.25) is 0 Å². The van der Waals surface area contributed by atoms with Crippen molar-refractivity contribution in [1.82, 2.24) is 0 Å². The second-order valence-corrected chi connectivity index (χ2v) is 5.26. The van der Waals surface area contributed by atoms with Crippen LogP contribution in [0, 0.1) is 6.92 Å². The first kappa shape index (κ1) is 11.9. The molecule has 2 aromatic rings. The van der Waals surface area contributed by atoms with E-state index >= 15 is 0 Å². The Morgan fingerprint density at radius 1 is 1.19 bits per heavy atom. The van der Waals surface area contributed by atoms with Crippen LogP contribution in [0.15, 0.2) is 43.9 Å². The minimum atomic E-state index is -0.233. The molecule has 2 rings (SSSR count). The first-order valence-corrected chi connectivity index (χ1v) is 6.43. The van der Waals surface area contributed by atoms with E-state index in [0.29, 0.717) is 4.67 Å². The Morgan fingerprint density at radius 3 is 2.50 bits per heavy atom. The standard InChI is InChI=1S/C12H11Br2NO/c1-7-2-3-8(6-9(7)13)12(15)10-4-5-11(14)16-10/h2-6,12H,15H2,1H3. The molecule has 1 unspecified atom stereocenters. The lowest BCUT2D eigenvalue weighted by atomic mass is 10.0. The van der Waals surface area contributed by atoms with E-state index < -0.39 is 0 Å². The minimum Gasteiger partial charge on any atom is -0.452 e. The van der Waals surface area contributed by atoms with Crippen LogP contribution in [0.25, 0.3) is 0 Å². The quantitative estimate of drug-likeness (QED) is 0.888. The van der Waals surface area contributed by atoms with Gasteiger partial charge in [0.05, 0.1) is 6.04 Å². The molecule has 2 nitrogen and oxygen atoms in total. The van der Waals surface area contributed by atoms with Crippen molar-refractivity contribution in [3.63, 3.8) is 0 Å². The Hall–Kier alpha value is -0.580. The molecule has 16 heavy (non-hydrogen) atoms. The molecule has 0 fully saturated rings. The molecule has 0 amide bonds. The van der Waals surface area contributed by atoms with E-state index in [9.17, 15) is 0 Å². The van der Waals surface area contributed by atoms with Crippen molar-refractivity contribution in [3.05, 3.63) is 56.4 Å². The van der Waals surface area contributed by atoms with E-state index in [1.54, 1.807) is 0 Å². The average Bonchev–Trinajstić information content (AvgIpc) is 2.68. The number of aryl methyl sites for hydroxylation is 1. The van der Waals surface area contributed by atoms with Crippen molar-refractivity contribution in [3.8, 4) is 0 Å². The van der Waals surface area contributed by atoms with Crippen LogP contribution in [0.2, 0.25) is 0 Å². The summed E-state index contributed by atoms with van der Waals surface area (Å²) >= 11 is 6.76. The maximum atomic E-state index is 6.11. The monoisotopic (exact) mass is 343 g/mol. The Bertz CT molecular complexity index is 507. The fraction of sp³-hybridized carbons (Fsp3) is 0.167. The molecule has 2 N–H and O–H groups in total. The van der Waals surface area contributed by atoms with Crippen molar-refractivity contribution >= 4 is 31.9 Å². The zero-order chi connectivity index (χ0) is 11.7. The zero-order valence-electron chi connectivity index (χ0n) is 8.71. The largest absolute Gasteiger partial charge is 0.452 e. The lowest BCUT2D eigenvalue weighted by molar-refractivity contribution is 0.470. The van der Waals surface area contributed by atoms with E-state index in [1.807, 2.05) is 37.3 Å². The molecule has 0 aliphatic rings.